The van der Waals surface area contributed by atoms with Gasteiger partial charge in [0.05, 0.1) is 25.2 Å². The van der Waals surface area contributed by atoms with Crippen LogP contribution in [0.2, 0.25) is 0 Å². The second-order valence-electron chi connectivity index (χ2n) is 9.59. The van der Waals surface area contributed by atoms with Crippen LogP contribution in [-0.2, 0) is 19.1 Å². The van der Waals surface area contributed by atoms with E-state index in [-0.39, 0.29) is 44.0 Å². The molecule has 8 heteroatoms. The number of hydrogen-bond donors (Lipinski definition) is 2. The van der Waals surface area contributed by atoms with Gasteiger partial charge in [-0.3, -0.25) is 9.59 Å². The molecule has 2 N–H and O–H groups in total. The number of alkyl carbamates (subject to hydrolysis) is 1. The molecule has 0 saturated carbocycles. The standard InChI is InChI=1S/C27H30N2O6/c30-25(31)10-9-17-11-12-29(13-17)26(32)23-14-34-16-24(23)28-27(33)35-15-22-20-7-3-1-5-18(20)19-6-2-4-8-21(19)22/h1-8,17,22-24H,9-16H2,(H,28,33)(H,30,31). The minimum absolute atomic E-state index is 0.0299. The topological polar surface area (TPSA) is 105 Å². The second-order valence-corrected chi connectivity index (χ2v) is 9.59. The molecule has 2 aliphatic heterocycles. The first-order chi connectivity index (χ1) is 17.0. The average molecular weight is 479 g/mol. The van der Waals surface area contributed by atoms with Crippen LogP contribution in [0, 0.1) is 11.8 Å². The van der Waals surface area contributed by atoms with Crippen molar-refractivity contribution in [3.63, 3.8) is 0 Å². The number of rotatable bonds is 7. The normalized spacial score (nSPS) is 23.1. The molecule has 2 fully saturated rings. The maximum atomic E-state index is 13.1. The molecule has 2 aromatic rings. The van der Waals surface area contributed by atoms with Crippen LogP contribution in [0.1, 0.15) is 36.3 Å². The van der Waals surface area contributed by atoms with E-state index < -0.39 is 24.0 Å². The SMILES string of the molecule is O=C(O)CCC1CCN(C(=O)C2COCC2NC(=O)OCC2c3ccccc3-c3ccccc32)C1. The first kappa shape index (κ1) is 23.4. The van der Waals surface area contributed by atoms with Gasteiger partial charge in [0.15, 0.2) is 0 Å². The number of nitrogens with zero attached hydrogens (tertiary/aromatic N) is 1. The van der Waals surface area contributed by atoms with Crippen molar-refractivity contribution in [3.05, 3.63) is 59.7 Å². The highest BCUT2D eigenvalue weighted by Gasteiger charge is 2.40. The Morgan fingerprint density at radius 1 is 1.03 bits per heavy atom. The highest BCUT2D eigenvalue weighted by Crippen LogP contribution is 2.44. The summed E-state index contributed by atoms with van der Waals surface area (Å²) in [6.07, 6.45) is 0.935. The minimum atomic E-state index is -0.814. The van der Waals surface area contributed by atoms with E-state index in [4.69, 9.17) is 14.6 Å². The van der Waals surface area contributed by atoms with Crippen LogP contribution >= 0.6 is 0 Å². The number of carboxylic acids is 1. The number of likely N-dealkylation sites (tertiary alicyclic amines) is 1. The van der Waals surface area contributed by atoms with Crippen molar-refractivity contribution in [2.75, 3.05) is 32.9 Å². The molecule has 5 rings (SSSR count). The molecule has 2 aromatic carbocycles. The van der Waals surface area contributed by atoms with Gasteiger partial charge in [-0.05, 0) is 41.0 Å². The fourth-order valence-electron chi connectivity index (χ4n) is 5.56. The monoisotopic (exact) mass is 478 g/mol. The lowest BCUT2D eigenvalue weighted by Crippen LogP contribution is -2.47. The first-order valence-electron chi connectivity index (χ1n) is 12.2. The molecule has 8 nitrogen and oxygen atoms in total. The Hall–Kier alpha value is -3.39. The number of benzene rings is 2. The molecule has 184 valence electrons. The molecule has 35 heavy (non-hydrogen) atoms. The quantitative estimate of drug-likeness (QED) is 0.633. The Morgan fingerprint density at radius 2 is 1.71 bits per heavy atom. The molecular formula is C27H30N2O6. The maximum Gasteiger partial charge on any atom is 0.407 e. The summed E-state index contributed by atoms with van der Waals surface area (Å²) in [5.41, 5.74) is 4.62. The molecule has 0 bridgehead atoms. The maximum absolute atomic E-state index is 13.1. The van der Waals surface area contributed by atoms with Gasteiger partial charge in [0.25, 0.3) is 0 Å². The zero-order valence-electron chi connectivity index (χ0n) is 19.5. The van der Waals surface area contributed by atoms with Crippen molar-refractivity contribution in [1.82, 2.24) is 10.2 Å². The van der Waals surface area contributed by atoms with Crippen LogP contribution in [0.3, 0.4) is 0 Å². The third-order valence-electron chi connectivity index (χ3n) is 7.41. The van der Waals surface area contributed by atoms with Gasteiger partial charge in [-0.15, -0.1) is 0 Å². The van der Waals surface area contributed by atoms with E-state index in [1.165, 1.54) is 11.1 Å². The molecule has 1 aliphatic carbocycles. The van der Waals surface area contributed by atoms with Gasteiger partial charge in [-0.25, -0.2) is 4.79 Å². The fourth-order valence-corrected chi connectivity index (χ4v) is 5.56. The summed E-state index contributed by atoms with van der Waals surface area (Å²) >= 11 is 0. The Morgan fingerprint density at radius 3 is 2.40 bits per heavy atom. The number of carbonyl (C=O) groups excluding carboxylic acids is 2. The first-order valence-corrected chi connectivity index (χ1v) is 12.2. The predicted molar refractivity (Wildman–Crippen MR) is 128 cm³/mol. The summed E-state index contributed by atoms with van der Waals surface area (Å²) in [6.45, 7) is 1.89. The van der Waals surface area contributed by atoms with E-state index in [0.717, 1.165) is 17.5 Å². The van der Waals surface area contributed by atoms with E-state index in [2.05, 4.69) is 29.6 Å². The third kappa shape index (κ3) is 4.89. The van der Waals surface area contributed by atoms with Crippen LogP contribution < -0.4 is 5.32 Å². The second kappa shape index (κ2) is 10.1. The Kier molecular flexibility index (Phi) is 6.72. The lowest BCUT2D eigenvalue weighted by atomic mass is 9.98. The summed E-state index contributed by atoms with van der Waals surface area (Å²) < 4.78 is 11.2. The highest BCUT2D eigenvalue weighted by molar-refractivity contribution is 5.82. The smallest absolute Gasteiger partial charge is 0.407 e. The summed E-state index contributed by atoms with van der Waals surface area (Å²) in [5.74, 6) is -1.16. The summed E-state index contributed by atoms with van der Waals surface area (Å²) in [5, 5.41) is 11.7. The van der Waals surface area contributed by atoms with Crippen molar-refractivity contribution in [2.24, 2.45) is 11.8 Å². The van der Waals surface area contributed by atoms with Crippen LogP contribution in [0.15, 0.2) is 48.5 Å². The molecule has 0 aromatic heterocycles. The van der Waals surface area contributed by atoms with Crippen LogP contribution in [0.5, 0.6) is 0 Å². The molecule has 2 heterocycles. The average Bonchev–Trinajstić information content (AvgIpc) is 3.59. The summed E-state index contributed by atoms with van der Waals surface area (Å²) in [4.78, 5) is 38.4. The van der Waals surface area contributed by atoms with Gasteiger partial charge in [0, 0.05) is 25.4 Å². The van der Waals surface area contributed by atoms with Crippen LogP contribution in [-0.4, -0.2) is 66.9 Å². The number of nitrogens with one attached hydrogen (secondary N) is 1. The Labute approximate surface area is 204 Å². The van der Waals surface area contributed by atoms with Gasteiger partial charge in [-0.2, -0.15) is 0 Å². The highest BCUT2D eigenvalue weighted by atomic mass is 16.5. The van der Waals surface area contributed by atoms with E-state index in [0.29, 0.717) is 19.5 Å². The molecule has 2 saturated heterocycles. The van der Waals surface area contributed by atoms with Gasteiger partial charge < -0.3 is 24.8 Å². The zero-order valence-corrected chi connectivity index (χ0v) is 19.5. The van der Waals surface area contributed by atoms with Crippen molar-refractivity contribution in [1.29, 1.82) is 0 Å². The van der Waals surface area contributed by atoms with Crippen molar-refractivity contribution >= 4 is 18.0 Å². The number of amides is 2. The molecule has 3 unspecified atom stereocenters. The fraction of sp³-hybridized carbons (Fsp3) is 0.444. The van der Waals surface area contributed by atoms with Gasteiger partial charge in [0.2, 0.25) is 5.91 Å². The predicted octanol–water partition coefficient (Wildman–Crippen LogP) is 3.25. The van der Waals surface area contributed by atoms with E-state index >= 15 is 0 Å². The van der Waals surface area contributed by atoms with Crippen molar-refractivity contribution in [3.8, 4) is 11.1 Å². The van der Waals surface area contributed by atoms with E-state index in [9.17, 15) is 14.4 Å². The largest absolute Gasteiger partial charge is 0.481 e. The van der Waals surface area contributed by atoms with E-state index in [1.807, 2.05) is 24.3 Å². The summed E-state index contributed by atoms with van der Waals surface area (Å²) in [6, 6.07) is 15.9. The lowest BCUT2D eigenvalue weighted by molar-refractivity contribution is -0.137. The van der Waals surface area contributed by atoms with Crippen LogP contribution in [0.25, 0.3) is 11.1 Å². The van der Waals surface area contributed by atoms with Crippen molar-refractivity contribution in [2.45, 2.75) is 31.2 Å². The molecule has 0 radical (unpaired) electrons. The summed E-state index contributed by atoms with van der Waals surface area (Å²) in [7, 11) is 0. The molecular weight excluding hydrogens is 448 g/mol. The number of ether oxygens (including phenoxy) is 2. The number of carbonyl (C=O) groups is 3. The van der Waals surface area contributed by atoms with Gasteiger partial charge in [0.1, 0.15) is 6.61 Å². The molecule has 2 amide bonds. The lowest BCUT2D eigenvalue weighted by Gasteiger charge is -2.24. The van der Waals surface area contributed by atoms with Crippen LogP contribution in [0.4, 0.5) is 4.79 Å². The molecule has 3 aliphatic rings. The van der Waals surface area contributed by atoms with Gasteiger partial charge in [-0.1, -0.05) is 48.5 Å². The number of fused-ring (bicyclic) bond motifs is 3. The van der Waals surface area contributed by atoms with Crippen molar-refractivity contribution < 1.29 is 29.0 Å². The molecule has 3 atom stereocenters. The molecule has 0 spiro atoms. The van der Waals surface area contributed by atoms with E-state index in [1.54, 1.807) is 4.90 Å². The number of aliphatic carboxylic acids is 1. The number of carboxylic acid groups (broad SMARTS) is 1. The zero-order chi connectivity index (χ0) is 24.4. The number of hydrogen-bond acceptors (Lipinski definition) is 5. The Balaban J connectivity index is 1.16. The third-order valence-corrected chi connectivity index (χ3v) is 7.41. The Bertz CT molecular complexity index is 1070. The minimum Gasteiger partial charge on any atom is -0.481 e. The van der Waals surface area contributed by atoms with Gasteiger partial charge >= 0.3 is 12.1 Å².